The van der Waals surface area contributed by atoms with Gasteiger partial charge in [-0.05, 0) is 36.2 Å². The first kappa shape index (κ1) is 18.7. The Kier molecular flexibility index (Phi) is 5.80. The fraction of sp³-hybridized carbons (Fsp3) is 0.211. The highest BCUT2D eigenvalue weighted by Gasteiger charge is 2.15. The average Bonchev–Trinajstić information content (AvgIpc) is 3.05. The second kappa shape index (κ2) is 8.07. The van der Waals surface area contributed by atoms with E-state index in [4.69, 9.17) is 0 Å². The molecule has 1 N–H and O–H groups in total. The third-order valence-electron chi connectivity index (χ3n) is 3.89. The van der Waals surface area contributed by atoms with Crippen molar-refractivity contribution in [2.75, 3.05) is 6.54 Å². The summed E-state index contributed by atoms with van der Waals surface area (Å²) in [7, 11) is -3.65. The molecule has 3 aromatic rings. The van der Waals surface area contributed by atoms with Gasteiger partial charge in [0, 0.05) is 30.5 Å². The van der Waals surface area contributed by atoms with E-state index >= 15 is 0 Å². The second-order valence-electron chi connectivity index (χ2n) is 5.94. The van der Waals surface area contributed by atoms with E-state index in [2.05, 4.69) is 21.8 Å². The van der Waals surface area contributed by atoms with Crippen LogP contribution in [0, 0.1) is 12.7 Å². The van der Waals surface area contributed by atoms with Gasteiger partial charge in [-0.25, -0.2) is 22.5 Å². The molecular weight excluding hydrogens is 371 g/mol. The topological polar surface area (TPSA) is 59.1 Å². The van der Waals surface area contributed by atoms with E-state index in [0.29, 0.717) is 12.0 Å². The standard InChI is InChI=1S/C19H19FN2O2S2/c1-14-11-17(7-8-18(14)20)26(23,24)22-10-9-19-21-13-16(25-19)12-15-5-3-2-4-6-15/h2-8,11,13,22H,9-10,12H2,1H3. The van der Waals surface area contributed by atoms with E-state index in [9.17, 15) is 12.8 Å². The van der Waals surface area contributed by atoms with Gasteiger partial charge in [0.2, 0.25) is 10.0 Å². The molecule has 4 nitrogen and oxygen atoms in total. The molecule has 0 unspecified atom stereocenters. The Labute approximate surface area is 156 Å². The number of hydrogen-bond acceptors (Lipinski definition) is 4. The molecule has 0 aliphatic heterocycles. The Balaban J connectivity index is 1.57. The summed E-state index contributed by atoms with van der Waals surface area (Å²) in [5.74, 6) is -0.419. The molecule has 1 heterocycles. The van der Waals surface area contributed by atoms with Gasteiger partial charge in [0.25, 0.3) is 0 Å². The fourth-order valence-electron chi connectivity index (χ4n) is 2.50. The van der Waals surface area contributed by atoms with Crippen LogP contribution in [0.1, 0.15) is 21.0 Å². The van der Waals surface area contributed by atoms with Gasteiger partial charge >= 0.3 is 0 Å². The van der Waals surface area contributed by atoms with Gasteiger partial charge < -0.3 is 0 Å². The molecule has 0 spiro atoms. The van der Waals surface area contributed by atoms with Gasteiger partial charge in [-0.1, -0.05) is 30.3 Å². The molecule has 0 radical (unpaired) electrons. The quantitative estimate of drug-likeness (QED) is 0.669. The van der Waals surface area contributed by atoms with Crippen LogP contribution in [-0.2, 0) is 22.9 Å². The van der Waals surface area contributed by atoms with Gasteiger partial charge in [0.05, 0.1) is 9.90 Å². The normalized spacial score (nSPS) is 11.6. The van der Waals surface area contributed by atoms with E-state index in [-0.39, 0.29) is 11.4 Å². The maximum absolute atomic E-state index is 13.3. The maximum Gasteiger partial charge on any atom is 0.240 e. The van der Waals surface area contributed by atoms with Crippen molar-refractivity contribution in [3.8, 4) is 0 Å². The lowest BCUT2D eigenvalue weighted by atomic mass is 10.1. The summed E-state index contributed by atoms with van der Waals surface area (Å²) in [5.41, 5.74) is 1.52. The molecule has 2 aromatic carbocycles. The van der Waals surface area contributed by atoms with Gasteiger partial charge in [-0.3, -0.25) is 0 Å². The van der Waals surface area contributed by atoms with Crippen molar-refractivity contribution in [1.29, 1.82) is 0 Å². The summed E-state index contributed by atoms with van der Waals surface area (Å²) < 4.78 is 40.4. The lowest BCUT2D eigenvalue weighted by Gasteiger charge is -2.07. The Bertz CT molecular complexity index is 986. The number of hydrogen-bond donors (Lipinski definition) is 1. The monoisotopic (exact) mass is 390 g/mol. The highest BCUT2D eigenvalue weighted by Crippen LogP contribution is 2.18. The number of nitrogens with zero attached hydrogens (tertiary/aromatic N) is 1. The molecule has 0 saturated heterocycles. The summed E-state index contributed by atoms with van der Waals surface area (Å²) in [6.07, 6.45) is 3.17. The Morgan fingerprint density at radius 3 is 2.65 bits per heavy atom. The zero-order valence-corrected chi connectivity index (χ0v) is 15.9. The first-order valence-corrected chi connectivity index (χ1v) is 10.5. The molecule has 0 aliphatic rings. The van der Waals surface area contributed by atoms with Crippen LogP contribution in [0.4, 0.5) is 4.39 Å². The van der Waals surface area contributed by atoms with Crippen molar-refractivity contribution >= 4 is 21.4 Å². The number of nitrogens with one attached hydrogen (secondary N) is 1. The molecule has 0 aliphatic carbocycles. The van der Waals surface area contributed by atoms with Crippen LogP contribution in [0.15, 0.2) is 59.6 Å². The highest BCUT2D eigenvalue weighted by molar-refractivity contribution is 7.89. The van der Waals surface area contributed by atoms with Crippen LogP contribution in [0.5, 0.6) is 0 Å². The predicted molar refractivity (Wildman–Crippen MR) is 101 cm³/mol. The van der Waals surface area contributed by atoms with Gasteiger partial charge in [0.1, 0.15) is 5.82 Å². The third-order valence-corrected chi connectivity index (χ3v) is 6.41. The molecule has 0 fully saturated rings. The lowest BCUT2D eigenvalue weighted by Crippen LogP contribution is -2.26. The SMILES string of the molecule is Cc1cc(S(=O)(=O)NCCc2ncc(Cc3ccccc3)s2)ccc1F. The summed E-state index contributed by atoms with van der Waals surface area (Å²) in [5, 5.41) is 0.883. The van der Waals surface area contributed by atoms with E-state index in [0.717, 1.165) is 16.3 Å². The first-order chi connectivity index (χ1) is 12.4. The van der Waals surface area contributed by atoms with Crippen molar-refractivity contribution in [3.63, 3.8) is 0 Å². The molecular formula is C19H19FN2O2S2. The number of aromatic nitrogens is 1. The number of rotatable bonds is 7. The highest BCUT2D eigenvalue weighted by atomic mass is 32.2. The largest absolute Gasteiger partial charge is 0.249 e. The van der Waals surface area contributed by atoms with E-state index in [1.807, 2.05) is 24.4 Å². The molecule has 7 heteroatoms. The van der Waals surface area contributed by atoms with E-state index < -0.39 is 15.8 Å². The molecule has 0 saturated carbocycles. The minimum absolute atomic E-state index is 0.0697. The molecule has 1 aromatic heterocycles. The van der Waals surface area contributed by atoms with Crippen LogP contribution >= 0.6 is 11.3 Å². The number of benzene rings is 2. The number of thiazole rings is 1. The molecule has 26 heavy (non-hydrogen) atoms. The second-order valence-corrected chi connectivity index (χ2v) is 8.91. The zero-order chi connectivity index (χ0) is 18.6. The van der Waals surface area contributed by atoms with Crippen LogP contribution < -0.4 is 4.72 Å². The van der Waals surface area contributed by atoms with Crippen molar-refractivity contribution in [3.05, 3.63) is 81.6 Å². The van der Waals surface area contributed by atoms with Gasteiger partial charge in [0.15, 0.2) is 0 Å². The van der Waals surface area contributed by atoms with E-state index in [1.54, 1.807) is 11.3 Å². The fourth-order valence-corrected chi connectivity index (χ4v) is 4.58. The van der Waals surface area contributed by atoms with Crippen LogP contribution in [-0.4, -0.2) is 19.9 Å². The maximum atomic E-state index is 13.3. The predicted octanol–water partition coefficient (Wildman–Crippen LogP) is 3.70. The Morgan fingerprint density at radius 2 is 1.92 bits per heavy atom. The van der Waals surface area contributed by atoms with Crippen LogP contribution in [0.3, 0.4) is 0 Å². The van der Waals surface area contributed by atoms with Crippen molar-refractivity contribution in [1.82, 2.24) is 9.71 Å². The molecule has 0 bridgehead atoms. The van der Waals surface area contributed by atoms with Crippen LogP contribution in [0.2, 0.25) is 0 Å². The zero-order valence-electron chi connectivity index (χ0n) is 14.3. The molecule has 0 atom stereocenters. The minimum atomic E-state index is -3.65. The van der Waals surface area contributed by atoms with Crippen molar-refractivity contribution in [2.45, 2.75) is 24.7 Å². The summed E-state index contributed by atoms with van der Waals surface area (Å²) in [6, 6.07) is 13.9. The Morgan fingerprint density at radius 1 is 1.15 bits per heavy atom. The minimum Gasteiger partial charge on any atom is -0.249 e. The summed E-state index contributed by atoms with van der Waals surface area (Å²) in [6.45, 7) is 1.79. The van der Waals surface area contributed by atoms with Gasteiger partial charge in [-0.2, -0.15) is 0 Å². The Hall–Kier alpha value is -2.09. The molecule has 3 rings (SSSR count). The van der Waals surface area contributed by atoms with Crippen LogP contribution in [0.25, 0.3) is 0 Å². The summed E-state index contributed by atoms with van der Waals surface area (Å²) >= 11 is 1.58. The third kappa shape index (κ3) is 4.75. The summed E-state index contributed by atoms with van der Waals surface area (Å²) in [4.78, 5) is 5.58. The molecule has 0 amide bonds. The lowest BCUT2D eigenvalue weighted by molar-refractivity contribution is 0.580. The molecule has 136 valence electrons. The van der Waals surface area contributed by atoms with Crippen molar-refractivity contribution < 1.29 is 12.8 Å². The van der Waals surface area contributed by atoms with Gasteiger partial charge in [-0.15, -0.1) is 11.3 Å². The average molecular weight is 391 g/mol. The first-order valence-electron chi connectivity index (χ1n) is 8.17. The smallest absolute Gasteiger partial charge is 0.240 e. The van der Waals surface area contributed by atoms with Crippen molar-refractivity contribution in [2.24, 2.45) is 0 Å². The van der Waals surface area contributed by atoms with E-state index in [1.165, 1.54) is 30.7 Å². The number of halogens is 1. The number of aryl methyl sites for hydroxylation is 1. The number of sulfonamides is 1.